The van der Waals surface area contributed by atoms with Gasteiger partial charge < -0.3 is 0 Å². The maximum Gasteiger partial charge on any atom is 0.266 e. The van der Waals surface area contributed by atoms with Crippen LogP contribution < -0.4 is 4.72 Å². The molecular formula is C8H6BrNO3S. The summed E-state index contributed by atoms with van der Waals surface area (Å²) in [6.45, 7) is 0. The molecule has 14 heavy (non-hydrogen) atoms. The molecule has 1 N–H and O–H groups in total. The fraction of sp³-hybridized carbons (Fsp3) is 0.125. The first-order valence-corrected chi connectivity index (χ1v) is 6.42. The Morgan fingerprint density at radius 2 is 2.07 bits per heavy atom. The Morgan fingerprint density at radius 1 is 1.36 bits per heavy atom. The minimum absolute atomic E-state index is 0.0990. The molecule has 1 aliphatic rings. The normalized spacial score (nSPS) is 17.6. The first-order valence-electron chi connectivity index (χ1n) is 3.81. The van der Waals surface area contributed by atoms with Crippen molar-refractivity contribution >= 4 is 31.9 Å². The zero-order chi connectivity index (χ0) is 10.3. The van der Waals surface area contributed by atoms with Crippen LogP contribution in [-0.4, -0.2) is 14.3 Å². The van der Waals surface area contributed by atoms with E-state index in [1.807, 2.05) is 4.72 Å². The van der Waals surface area contributed by atoms with Crippen molar-refractivity contribution in [3.8, 4) is 0 Å². The van der Waals surface area contributed by atoms with Crippen LogP contribution in [0, 0.1) is 0 Å². The second-order valence-corrected chi connectivity index (χ2v) is 5.04. The summed E-state index contributed by atoms with van der Waals surface area (Å²) < 4.78 is 24.9. The molecule has 1 heterocycles. The van der Waals surface area contributed by atoms with E-state index in [2.05, 4.69) is 15.9 Å². The molecule has 6 heteroatoms. The lowest BCUT2D eigenvalue weighted by Crippen LogP contribution is -2.21. The molecule has 2 rings (SSSR count). The van der Waals surface area contributed by atoms with Crippen molar-refractivity contribution in [2.45, 2.75) is 10.2 Å². The Balaban J connectivity index is 2.82. The number of benzene rings is 1. The fourth-order valence-electron chi connectivity index (χ4n) is 1.41. The van der Waals surface area contributed by atoms with Crippen LogP contribution >= 0.6 is 15.9 Å². The van der Waals surface area contributed by atoms with Gasteiger partial charge in [0.25, 0.3) is 15.9 Å². The SMILES string of the molecule is O=C1NS(=O)(=O)c2c(CBr)cccc21. The van der Waals surface area contributed by atoms with Gasteiger partial charge >= 0.3 is 0 Å². The fourth-order valence-corrected chi connectivity index (χ4v) is 3.46. The number of sulfonamides is 1. The number of carbonyl (C=O) groups excluding carboxylic acids is 1. The van der Waals surface area contributed by atoms with Gasteiger partial charge in [-0.05, 0) is 11.6 Å². The summed E-state index contributed by atoms with van der Waals surface area (Å²) >= 11 is 3.18. The summed E-state index contributed by atoms with van der Waals surface area (Å²) in [5.74, 6) is -0.553. The maximum absolute atomic E-state index is 11.5. The van der Waals surface area contributed by atoms with E-state index in [1.54, 1.807) is 12.1 Å². The van der Waals surface area contributed by atoms with Crippen LogP contribution in [-0.2, 0) is 15.4 Å². The molecule has 0 saturated carbocycles. The molecule has 0 saturated heterocycles. The molecule has 1 aromatic rings. The van der Waals surface area contributed by atoms with E-state index in [-0.39, 0.29) is 10.5 Å². The van der Waals surface area contributed by atoms with Gasteiger partial charge in [-0.2, -0.15) is 0 Å². The molecule has 0 unspecified atom stereocenters. The van der Waals surface area contributed by atoms with Gasteiger partial charge in [0.05, 0.1) is 5.56 Å². The Labute approximate surface area is 89.5 Å². The Hall–Kier alpha value is -0.880. The van der Waals surface area contributed by atoms with Gasteiger partial charge in [-0.1, -0.05) is 28.1 Å². The molecule has 1 aromatic carbocycles. The van der Waals surface area contributed by atoms with Crippen LogP contribution in [0.25, 0.3) is 0 Å². The van der Waals surface area contributed by atoms with Crippen molar-refractivity contribution in [3.63, 3.8) is 0 Å². The van der Waals surface area contributed by atoms with Crippen molar-refractivity contribution in [2.75, 3.05) is 0 Å². The number of nitrogens with one attached hydrogen (secondary N) is 1. The standard InChI is InChI=1S/C8H6BrNO3S/c9-4-5-2-1-3-6-7(5)14(12,13)10-8(6)11/h1-3H,4H2,(H,10,11). The Kier molecular flexibility index (Phi) is 2.11. The van der Waals surface area contributed by atoms with Crippen LogP contribution in [0.1, 0.15) is 15.9 Å². The number of alkyl halides is 1. The second kappa shape index (κ2) is 3.06. The molecule has 0 atom stereocenters. The van der Waals surface area contributed by atoms with Gasteiger partial charge in [0.15, 0.2) is 0 Å². The average molecular weight is 276 g/mol. The molecule has 0 aliphatic carbocycles. The van der Waals surface area contributed by atoms with Crippen LogP contribution in [0.5, 0.6) is 0 Å². The van der Waals surface area contributed by atoms with E-state index < -0.39 is 15.9 Å². The maximum atomic E-state index is 11.5. The summed E-state index contributed by atoms with van der Waals surface area (Å²) in [5, 5.41) is 0.407. The highest BCUT2D eigenvalue weighted by atomic mass is 79.9. The predicted molar refractivity (Wildman–Crippen MR) is 53.7 cm³/mol. The highest BCUT2D eigenvalue weighted by molar-refractivity contribution is 9.08. The lowest BCUT2D eigenvalue weighted by atomic mass is 10.1. The van der Waals surface area contributed by atoms with Gasteiger partial charge in [-0.3, -0.25) is 4.79 Å². The van der Waals surface area contributed by atoms with Crippen molar-refractivity contribution in [1.82, 2.24) is 4.72 Å². The molecule has 0 spiro atoms. The third kappa shape index (κ3) is 1.26. The lowest BCUT2D eigenvalue weighted by Gasteiger charge is -2.01. The molecule has 0 radical (unpaired) electrons. The van der Waals surface area contributed by atoms with Gasteiger partial charge in [0.2, 0.25) is 0 Å². The smallest absolute Gasteiger partial charge is 0.266 e. The predicted octanol–water partition coefficient (Wildman–Crippen LogP) is 1.01. The van der Waals surface area contributed by atoms with Crippen molar-refractivity contribution in [1.29, 1.82) is 0 Å². The number of carbonyl (C=O) groups is 1. The highest BCUT2D eigenvalue weighted by Gasteiger charge is 2.34. The van der Waals surface area contributed by atoms with E-state index >= 15 is 0 Å². The summed E-state index contributed by atoms with van der Waals surface area (Å²) in [6, 6.07) is 4.84. The Bertz CT molecular complexity index is 509. The van der Waals surface area contributed by atoms with E-state index in [4.69, 9.17) is 0 Å². The third-order valence-electron chi connectivity index (χ3n) is 1.98. The number of amides is 1. The van der Waals surface area contributed by atoms with Crippen molar-refractivity contribution in [2.24, 2.45) is 0 Å². The number of halogens is 1. The zero-order valence-corrected chi connectivity index (χ0v) is 9.35. The van der Waals surface area contributed by atoms with Gasteiger partial charge in [-0.15, -0.1) is 0 Å². The lowest BCUT2D eigenvalue weighted by molar-refractivity contribution is 0.0985. The highest BCUT2D eigenvalue weighted by Crippen LogP contribution is 2.27. The average Bonchev–Trinajstić information content (AvgIpc) is 2.38. The van der Waals surface area contributed by atoms with Crippen LogP contribution in [0.3, 0.4) is 0 Å². The largest absolute Gasteiger partial charge is 0.268 e. The van der Waals surface area contributed by atoms with Crippen LogP contribution in [0.15, 0.2) is 23.1 Å². The molecular weight excluding hydrogens is 270 g/mol. The molecule has 4 nitrogen and oxygen atoms in total. The first-order chi connectivity index (χ1) is 6.56. The van der Waals surface area contributed by atoms with Crippen LogP contribution in [0.4, 0.5) is 0 Å². The monoisotopic (exact) mass is 275 g/mol. The second-order valence-electron chi connectivity index (χ2n) is 2.86. The summed E-state index contributed by atoms with van der Waals surface area (Å²) in [6.07, 6.45) is 0. The molecule has 1 amide bonds. The number of hydrogen-bond donors (Lipinski definition) is 1. The Morgan fingerprint density at radius 3 is 2.71 bits per heavy atom. The number of fused-ring (bicyclic) bond motifs is 1. The van der Waals surface area contributed by atoms with E-state index in [0.29, 0.717) is 10.9 Å². The first kappa shape index (κ1) is 9.67. The quantitative estimate of drug-likeness (QED) is 0.779. The van der Waals surface area contributed by atoms with E-state index in [0.717, 1.165) is 0 Å². The summed E-state index contributed by atoms with van der Waals surface area (Å²) in [4.78, 5) is 11.3. The van der Waals surface area contributed by atoms with Gasteiger partial charge in [0.1, 0.15) is 4.90 Å². The molecule has 0 aromatic heterocycles. The number of rotatable bonds is 1. The molecule has 1 aliphatic heterocycles. The zero-order valence-electron chi connectivity index (χ0n) is 6.95. The molecule has 74 valence electrons. The summed E-state index contributed by atoms with van der Waals surface area (Å²) in [5.41, 5.74) is 0.822. The molecule has 0 bridgehead atoms. The topological polar surface area (TPSA) is 63.2 Å². The molecule has 0 fully saturated rings. The van der Waals surface area contributed by atoms with Gasteiger partial charge in [0, 0.05) is 5.33 Å². The van der Waals surface area contributed by atoms with E-state index in [1.165, 1.54) is 6.07 Å². The minimum atomic E-state index is -3.63. The van der Waals surface area contributed by atoms with Crippen molar-refractivity contribution < 1.29 is 13.2 Å². The van der Waals surface area contributed by atoms with Crippen LogP contribution in [0.2, 0.25) is 0 Å². The minimum Gasteiger partial charge on any atom is -0.268 e. The van der Waals surface area contributed by atoms with Gasteiger partial charge in [-0.25, -0.2) is 13.1 Å². The summed E-state index contributed by atoms with van der Waals surface area (Å²) in [7, 11) is -3.63. The van der Waals surface area contributed by atoms with E-state index in [9.17, 15) is 13.2 Å². The number of hydrogen-bond acceptors (Lipinski definition) is 3. The third-order valence-corrected chi connectivity index (χ3v) is 4.06. The van der Waals surface area contributed by atoms with Crippen molar-refractivity contribution in [3.05, 3.63) is 29.3 Å².